The summed E-state index contributed by atoms with van der Waals surface area (Å²) < 4.78 is 5.37. The van der Waals surface area contributed by atoms with Crippen molar-refractivity contribution in [2.75, 3.05) is 26.2 Å². The first-order valence-electron chi connectivity index (χ1n) is 8.84. The maximum Gasteiger partial charge on any atom is 0.410 e. The number of rotatable bonds is 2. The summed E-state index contributed by atoms with van der Waals surface area (Å²) >= 11 is 0. The van der Waals surface area contributed by atoms with E-state index in [-0.39, 0.29) is 23.8 Å². The molecule has 2 heterocycles. The quantitative estimate of drug-likeness (QED) is 0.819. The van der Waals surface area contributed by atoms with E-state index in [1.807, 2.05) is 0 Å². The van der Waals surface area contributed by atoms with Gasteiger partial charge in [-0.1, -0.05) is 13.8 Å². The summed E-state index contributed by atoms with van der Waals surface area (Å²) in [6, 6.07) is 0. The molecule has 0 aromatic heterocycles. The highest BCUT2D eigenvalue weighted by atomic mass is 16.6. The van der Waals surface area contributed by atoms with Crippen LogP contribution >= 0.6 is 0 Å². The number of hydrogen-bond acceptors (Lipinski definition) is 4. The zero-order valence-corrected chi connectivity index (χ0v) is 15.7. The summed E-state index contributed by atoms with van der Waals surface area (Å²) in [6.45, 7) is 10.8. The largest absolute Gasteiger partial charge is 0.481 e. The normalized spacial score (nSPS) is 29.3. The zero-order valence-electron chi connectivity index (χ0n) is 15.7. The smallest absolute Gasteiger partial charge is 0.410 e. The minimum absolute atomic E-state index is 0.0523. The highest BCUT2D eigenvalue weighted by Gasteiger charge is 2.62. The molecule has 1 N–H and O–H groups in total. The second kappa shape index (κ2) is 5.35. The minimum atomic E-state index is -0.912. The van der Waals surface area contributed by atoms with Gasteiger partial charge in [-0.2, -0.15) is 0 Å². The van der Waals surface area contributed by atoms with Gasteiger partial charge in [0.25, 0.3) is 0 Å². The van der Waals surface area contributed by atoms with E-state index in [0.29, 0.717) is 19.6 Å². The van der Waals surface area contributed by atoms with E-state index < -0.39 is 29.0 Å². The molecule has 7 nitrogen and oxygen atoms in total. The van der Waals surface area contributed by atoms with E-state index in [2.05, 4.69) is 13.8 Å². The molecule has 1 aliphatic carbocycles. The fraction of sp³-hybridized carbons (Fsp3) is 0.833. The van der Waals surface area contributed by atoms with Crippen LogP contribution in [0.1, 0.15) is 41.0 Å². The van der Waals surface area contributed by atoms with Gasteiger partial charge in [-0.05, 0) is 32.6 Å². The number of nitrogens with zero attached hydrogens (tertiary/aromatic N) is 2. The molecule has 0 aromatic carbocycles. The summed E-state index contributed by atoms with van der Waals surface area (Å²) in [7, 11) is 0. The zero-order chi connectivity index (χ0) is 18.8. The number of carboxylic acids is 1. The topological polar surface area (TPSA) is 87.2 Å². The Kier molecular flexibility index (Phi) is 3.86. The van der Waals surface area contributed by atoms with Crippen LogP contribution < -0.4 is 0 Å². The first-order valence-corrected chi connectivity index (χ1v) is 8.84. The summed E-state index contributed by atoms with van der Waals surface area (Å²) in [4.78, 5) is 39.7. The second-order valence-corrected chi connectivity index (χ2v) is 9.55. The van der Waals surface area contributed by atoms with Crippen molar-refractivity contribution in [3.05, 3.63) is 0 Å². The summed E-state index contributed by atoms with van der Waals surface area (Å²) in [5.74, 6) is -1.40. The monoisotopic (exact) mass is 352 g/mol. The Hall–Kier alpha value is -1.79. The van der Waals surface area contributed by atoms with Gasteiger partial charge in [0.15, 0.2) is 0 Å². The van der Waals surface area contributed by atoms with Crippen molar-refractivity contribution < 1.29 is 24.2 Å². The Morgan fingerprint density at radius 3 is 2.00 bits per heavy atom. The lowest BCUT2D eigenvalue weighted by Crippen LogP contribution is -2.63. The van der Waals surface area contributed by atoms with Crippen molar-refractivity contribution in [3.8, 4) is 0 Å². The van der Waals surface area contributed by atoms with Crippen molar-refractivity contribution in [1.29, 1.82) is 0 Å². The molecule has 0 radical (unpaired) electrons. The number of carboxylic acid groups (broad SMARTS) is 1. The lowest BCUT2D eigenvalue weighted by molar-refractivity contribution is -0.158. The van der Waals surface area contributed by atoms with Crippen molar-refractivity contribution in [2.24, 2.45) is 22.7 Å². The van der Waals surface area contributed by atoms with Gasteiger partial charge in [-0.15, -0.1) is 0 Å². The summed E-state index contributed by atoms with van der Waals surface area (Å²) in [6.07, 6.45) is 0.408. The van der Waals surface area contributed by atoms with Gasteiger partial charge in [0.05, 0.1) is 5.92 Å². The van der Waals surface area contributed by atoms with E-state index in [4.69, 9.17) is 4.74 Å². The van der Waals surface area contributed by atoms with Crippen LogP contribution in [0.5, 0.6) is 0 Å². The third-order valence-corrected chi connectivity index (χ3v) is 5.73. The Morgan fingerprint density at radius 2 is 1.56 bits per heavy atom. The molecule has 25 heavy (non-hydrogen) atoms. The van der Waals surface area contributed by atoms with Crippen LogP contribution in [-0.4, -0.2) is 64.7 Å². The molecule has 140 valence electrons. The number of carbonyl (C=O) groups is 3. The SMILES string of the molecule is CC(C)(C)OC(=O)N1CC(C(=O)O)C2(C1)CN(C(=O)C1CC1(C)C)C2. The summed E-state index contributed by atoms with van der Waals surface area (Å²) in [5.41, 5.74) is -1.10. The van der Waals surface area contributed by atoms with Crippen LogP contribution in [0.3, 0.4) is 0 Å². The number of likely N-dealkylation sites (tertiary alicyclic amines) is 2. The molecule has 2 unspecified atom stereocenters. The van der Waals surface area contributed by atoms with Crippen molar-refractivity contribution in [3.63, 3.8) is 0 Å². The molecule has 1 spiro atoms. The lowest BCUT2D eigenvalue weighted by Gasteiger charge is -2.50. The van der Waals surface area contributed by atoms with Crippen LogP contribution in [0.2, 0.25) is 0 Å². The molecule has 2 amide bonds. The van der Waals surface area contributed by atoms with E-state index in [1.54, 1.807) is 25.7 Å². The Morgan fingerprint density at radius 1 is 1.04 bits per heavy atom. The third-order valence-electron chi connectivity index (χ3n) is 5.73. The fourth-order valence-corrected chi connectivity index (χ4v) is 4.07. The Bertz CT molecular complexity index is 615. The van der Waals surface area contributed by atoms with Gasteiger partial charge < -0.3 is 19.6 Å². The molecule has 2 saturated heterocycles. The number of amides is 2. The average molecular weight is 352 g/mol. The van der Waals surface area contributed by atoms with E-state index in [0.717, 1.165) is 6.42 Å². The molecule has 2 aliphatic heterocycles. The number of carbonyl (C=O) groups excluding carboxylic acids is 2. The van der Waals surface area contributed by atoms with Crippen molar-refractivity contribution in [1.82, 2.24) is 9.80 Å². The predicted octanol–water partition coefficient (Wildman–Crippen LogP) is 1.81. The van der Waals surface area contributed by atoms with E-state index in [9.17, 15) is 19.5 Å². The average Bonchev–Trinajstić information content (AvgIpc) is 2.89. The molecule has 3 rings (SSSR count). The van der Waals surface area contributed by atoms with Crippen molar-refractivity contribution >= 4 is 18.0 Å². The van der Waals surface area contributed by atoms with Crippen molar-refractivity contribution in [2.45, 2.75) is 46.6 Å². The molecule has 0 aromatic rings. The van der Waals surface area contributed by atoms with Crippen LogP contribution in [0, 0.1) is 22.7 Å². The number of aliphatic carboxylic acids is 1. The Labute approximate surface area is 148 Å². The molecule has 3 aliphatic rings. The van der Waals surface area contributed by atoms with Gasteiger partial charge in [-0.3, -0.25) is 9.59 Å². The third kappa shape index (κ3) is 3.20. The molecule has 0 bridgehead atoms. The van der Waals surface area contributed by atoms with Gasteiger partial charge in [0, 0.05) is 37.5 Å². The minimum Gasteiger partial charge on any atom is -0.481 e. The first kappa shape index (κ1) is 18.0. The molecular weight excluding hydrogens is 324 g/mol. The lowest BCUT2D eigenvalue weighted by atomic mass is 9.71. The van der Waals surface area contributed by atoms with Crippen LogP contribution in [0.15, 0.2) is 0 Å². The first-order chi connectivity index (χ1) is 11.3. The van der Waals surface area contributed by atoms with Gasteiger partial charge in [0.2, 0.25) is 5.91 Å². The number of hydrogen-bond donors (Lipinski definition) is 1. The molecule has 1 saturated carbocycles. The van der Waals surface area contributed by atoms with E-state index in [1.165, 1.54) is 4.90 Å². The van der Waals surface area contributed by atoms with Crippen LogP contribution in [0.25, 0.3) is 0 Å². The van der Waals surface area contributed by atoms with Crippen LogP contribution in [-0.2, 0) is 14.3 Å². The second-order valence-electron chi connectivity index (χ2n) is 9.55. The van der Waals surface area contributed by atoms with Gasteiger partial charge in [-0.25, -0.2) is 4.79 Å². The summed E-state index contributed by atoms with van der Waals surface area (Å²) in [5, 5.41) is 9.59. The Balaban J connectivity index is 1.66. The maximum absolute atomic E-state index is 12.5. The highest BCUT2D eigenvalue weighted by Crippen LogP contribution is 2.54. The van der Waals surface area contributed by atoms with Gasteiger partial charge >= 0.3 is 12.1 Å². The molecular formula is C18H28N2O5. The molecule has 2 atom stereocenters. The van der Waals surface area contributed by atoms with Crippen LogP contribution in [0.4, 0.5) is 4.79 Å². The molecule has 7 heteroatoms. The fourth-order valence-electron chi connectivity index (χ4n) is 4.07. The van der Waals surface area contributed by atoms with E-state index >= 15 is 0 Å². The standard InChI is InChI=1S/C18H28N2O5/c1-16(2,3)25-15(24)19-7-12(14(22)23)18(8-19)9-20(10-18)13(21)11-6-17(11,4)5/h11-12H,6-10H2,1-5H3,(H,22,23). The highest BCUT2D eigenvalue weighted by molar-refractivity contribution is 5.84. The van der Waals surface area contributed by atoms with Gasteiger partial charge in [0.1, 0.15) is 5.60 Å². The maximum atomic E-state index is 12.5. The predicted molar refractivity (Wildman–Crippen MR) is 89.8 cm³/mol. The number of ether oxygens (including phenoxy) is 1. The molecule has 3 fully saturated rings.